The van der Waals surface area contributed by atoms with E-state index in [1.54, 1.807) is 7.11 Å². The predicted octanol–water partition coefficient (Wildman–Crippen LogP) is 4.63. The van der Waals surface area contributed by atoms with Crippen LogP contribution < -0.4 is 10.1 Å². The molecule has 0 aliphatic carbocycles. The smallest absolute Gasteiger partial charge is 0.119 e. The van der Waals surface area contributed by atoms with Crippen molar-refractivity contribution in [2.45, 2.75) is 13.0 Å². The largest absolute Gasteiger partial charge is 0.497 e. The van der Waals surface area contributed by atoms with Gasteiger partial charge in [0.2, 0.25) is 0 Å². The number of halogens is 1. The fourth-order valence-electron chi connectivity index (χ4n) is 1.80. The van der Waals surface area contributed by atoms with Crippen molar-refractivity contribution in [1.29, 1.82) is 0 Å². The van der Waals surface area contributed by atoms with Crippen molar-refractivity contribution in [3.8, 4) is 5.75 Å². The first kappa shape index (κ1) is 13.0. The first-order chi connectivity index (χ1) is 8.69. The van der Waals surface area contributed by atoms with E-state index in [1.807, 2.05) is 36.4 Å². The van der Waals surface area contributed by atoms with Crippen molar-refractivity contribution in [2.24, 2.45) is 0 Å². The van der Waals surface area contributed by atoms with Crippen LogP contribution in [0.25, 0.3) is 0 Å². The van der Waals surface area contributed by atoms with E-state index in [2.05, 4.69) is 40.3 Å². The van der Waals surface area contributed by atoms with Crippen LogP contribution in [0.5, 0.6) is 5.75 Å². The van der Waals surface area contributed by atoms with Crippen LogP contribution in [-0.4, -0.2) is 7.11 Å². The van der Waals surface area contributed by atoms with Gasteiger partial charge in [-0.05, 0) is 48.9 Å². The maximum absolute atomic E-state index is 5.14. The van der Waals surface area contributed by atoms with E-state index in [-0.39, 0.29) is 6.04 Å². The molecule has 0 spiro atoms. The average Bonchev–Trinajstić information content (AvgIpc) is 2.39. The molecule has 1 N–H and O–H groups in total. The van der Waals surface area contributed by atoms with Crippen molar-refractivity contribution in [2.75, 3.05) is 12.4 Å². The summed E-state index contributed by atoms with van der Waals surface area (Å²) in [6.45, 7) is 2.14. The maximum atomic E-state index is 5.14. The Hall–Kier alpha value is -1.48. The third-order valence-electron chi connectivity index (χ3n) is 2.82. The molecular weight excluding hydrogens is 290 g/mol. The molecule has 0 saturated carbocycles. The predicted molar refractivity (Wildman–Crippen MR) is 79.2 cm³/mol. The van der Waals surface area contributed by atoms with Gasteiger partial charge in [-0.2, -0.15) is 0 Å². The summed E-state index contributed by atoms with van der Waals surface area (Å²) in [6, 6.07) is 16.5. The molecule has 0 aliphatic heterocycles. The Labute approximate surface area is 116 Å². The summed E-state index contributed by atoms with van der Waals surface area (Å²) >= 11 is 3.49. The molecule has 0 unspecified atom stereocenters. The highest BCUT2D eigenvalue weighted by atomic mass is 79.9. The minimum atomic E-state index is 0.260. The molecule has 0 amide bonds. The lowest BCUT2D eigenvalue weighted by molar-refractivity contribution is 0.415. The number of methoxy groups -OCH3 is 1. The number of ether oxygens (including phenoxy) is 1. The Kier molecular flexibility index (Phi) is 4.26. The van der Waals surface area contributed by atoms with Crippen LogP contribution in [0.15, 0.2) is 53.0 Å². The first-order valence-corrected chi connectivity index (χ1v) is 6.64. The third-order valence-corrected chi connectivity index (χ3v) is 3.32. The summed E-state index contributed by atoms with van der Waals surface area (Å²) < 4.78 is 6.24. The van der Waals surface area contributed by atoms with E-state index in [9.17, 15) is 0 Å². The lowest BCUT2D eigenvalue weighted by Gasteiger charge is -2.16. The molecular formula is C15H16BrNO. The molecule has 2 aromatic carbocycles. The second-order valence-corrected chi connectivity index (χ2v) is 5.07. The Balaban J connectivity index is 2.08. The molecule has 3 heteroatoms. The lowest BCUT2D eigenvalue weighted by Crippen LogP contribution is -2.06. The third kappa shape index (κ3) is 3.26. The summed E-state index contributed by atoms with van der Waals surface area (Å²) in [4.78, 5) is 0. The number of hydrogen-bond donors (Lipinski definition) is 1. The Morgan fingerprint density at radius 1 is 1.11 bits per heavy atom. The molecule has 18 heavy (non-hydrogen) atoms. The highest BCUT2D eigenvalue weighted by molar-refractivity contribution is 9.10. The Morgan fingerprint density at radius 3 is 2.44 bits per heavy atom. The number of benzene rings is 2. The highest BCUT2D eigenvalue weighted by Crippen LogP contribution is 2.23. The van der Waals surface area contributed by atoms with Gasteiger partial charge >= 0.3 is 0 Å². The van der Waals surface area contributed by atoms with E-state index >= 15 is 0 Å². The fraction of sp³-hybridized carbons (Fsp3) is 0.200. The topological polar surface area (TPSA) is 21.3 Å². The number of rotatable bonds is 4. The molecule has 2 nitrogen and oxygen atoms in total. The van der Waals surface area contributed by atoms with E-state index in [0.29, 0.717) is 0 Å². The van der Waals surface area contributed by atoms with Crippen LogP contribution in [0, 0.1) is 0 Å². The molecule has 0 radical (unpaired) electrons. The van der Waals surface area contributed by atoms with Gasteiger partial charge in [0.05, 0.1) is 7.11 Å². The average molecular weight is 306 g/mol. The Morgan fingerprint density at radius 2 is 1.83 bits per heavy atom. The molecule has 0 heterocycles. The SMILES string of the molecule is COc1ccc(N[C@H](C)c2cccc(Br)c2)cc1. The summed E-state index contributed by atoms with van der Waals surface area (Å²) in [5, 5.41) is 3.46. The van der Waals surface area contributed by atoms with Gasteiger partial charge in [-0.25, -0.2) is 0 Å². The first-order valence-electron chi connectivity index (χ1n) is 5.85. The quantitative estimate of drug-likeness (QED) is 0.889. The van der Waals surface area contributed by atoms with Crippen molar-refractivity contribution in [1.82, 2.24) is 0 Å². The molecule has 0 bridgehead atoms. The number of hydrogen-bond acceptors (Lipinski definition) is 2. The summed E-state index contributed by atoms with van der Waals surface area (Å²) in [5.41, 5.74) is 2.34. The zero-order chi connectivity index (χ0) is 13.0. The molecule has 94 valence electrons. The van der Waals surface area contributed by atoms with Crippen molar-refractivity contribution >= 4 is 21.6 Å². The molecule has 0 saturated heterocycles. The highest BCUT2D eigenvalue weighted by Gasteiger charge is 2.05. The normalized spacial score (nSPS) is 11.9. The standard InChI is InChI=1S/C15H16BrNO/c1-11(12-4-3-5-13(16)10-12)17-14-6-8-15(18-2)9-7-14/h3-11,17H,1-2H3/t11-/m1/s1. The summed E-state index contributed by atoms with van der Waals surface area (Å²) in [6.07, 6.45) is 0. The lowest BCUT2D eigenvalue weighted by atomic mass is 10.1. The van der Waals surface area contributed by atoms with Gasteiger partial charge in [0.25, 0.3) is 0 Å². The van der Waals surface area contributed by atoms with Crippen molar-refractivity contribution in [3.05, 3.63) is 58.6 Å². The molecule has 0 aliphatic rings. The summed E-state index contributed by atoms with van der Waals surface area (Å²) in [5.74, 6) is 0.871. The van der Waals surface area contributed by atoms with Crippen LogP contribution in [-0.2, 0) is 0 Å². The van der Waals surface area contributed by atoms with Gasteiger partial charge in [-0.15, -0.1) is 0 Å². The molecule has 1 atom stereocenters. The van der Waals surface area contributed by atoms with Crippen molar-refractivity contribution < 1.29 is 4.74 Å². The second-order valence-electron chi connectivity index (χ2n) is 4.15. The van der Waals surface area contributed by atoms with Gasteiger partial charge in [0.15, 0.2) is 0 Å². The fourth-order valence-corrected chi connectivity index (χ4v) is 2.21. The van der Waals surface area contributed by atoms with Crippen LogP contribution in [0.4, 0.5) is 5.69 Å². The number of nitrogens with one attached hydrogen (secondary N) is 1. The van der Waals surface area contributed by atoms with E-state index in [1.165, 1.54) is 5.56 Å². The minimum Gasteiger partial charge on any atom is -0.497 e. The molecule has 2 rings (SSSR count). The Bertz CT molecular complexity index is 510. The second kappa shape index (κ2) is 5.91. The number of anilines is 1. The van der Waals surface area contributed by atoms with E-state index in [4.69, 9.17) is 4.74 Å². The van der Waals surface area contributed by atoms with Crippen LogP contribution >= 0.6 is 15.9 Å². The van der Waals surface area contributed by atoms with Crippen molar-refractivity contribution in [3.63, 3.8) is 0 Å². The van der Waals surface area contributed by atoms with Crippen LogP contribution in [0.1, 0.15) is 18.5 Å². The maximum Gasteiger partial charge on any atom is 0.119 e. The zero-order valence-corrected chi connectivity index (χ0v) is 12.1. The molecule has 2 aromatic rings. The van der Waals surface area contributed by atoms with E-state index < -0.39 is 0 Å². The van der Waals surface area contributed by atoms with E-state index in [0.717, 1.165) is 15.9 Å². The van der Waals surface area contributed by atoms with Gasteiger partial charge in [-0.3, -0.25) is 0 Å². The molecule has 0 fully saturated rings. The van der Waals surface area contributed by atoms with Crippen LogP contribution in [0.3, 0.4) is 0 Å². The van der Waals surface area contributed by atoms with Gasteiger partial charge < -0.3 is 10.1 Å². The van der Waals surface area contributed by atoms with Crippen LogP contribution in [0.2, 0.25) is 0 Å². The van der Waals surface area contributed by atoms with Gasteiger partial charge in [0.1, 0.15) is 5.75 Å². The zero-order valence-electron chi connectivity index (χ0n) is 10.5. The minimum absolute atomic E-state index is 0.260. The molecule has 0 aromatic heterocycles. The summed E-state index contributed by atoms with van der Waals surface area (Å²) in [7, 11) is 1.67. The monoisotopic (exact) mass is 305 g/mol. The van der Waals surface area contributed by atoms with Gasteiger partial charge in [0, 0.05) is 16.2 Å². The van der Waals surface area contributed by atoms with Gasteiger partial charge in [-0.1, -0.05) is 28.1 Å².